The Labute approximate surface area is 173 Å². The van der Waals surface area contributed by atoms with Crippen molar-refractivity contribution in [2.75, 3.05) is 11.1 Å². The topological polar surface area (TPSA) is 75.6 Å². The summed E-state index contributed by atoms with van der Waals surface area (Å²) in [5.41, 5.74) is 6.65. The number of benzene rings is 2. The summed E-state index contributed by atoms with van der Waals surface area (Å²) >= 11 is 1.55. The molecule has 1 amide bonds. The highest BCUT2D eigenvalue weighted by molar-refractivity contribution is 7.99. The van der Waals surface area contributed by atoms with Gasteiger partial charge in [0.1, 0.15) is 0 Å². The van der Waals surface area contributed by atoms with E-state index >= 15 is 0 Å². The highest BCUT2D eigenvalue weighted by atomic mass is 32.2. The first kappa shape index (κ1) is 19.3. The van der Waals surface area contributed by atoms with Crippen molar-refractivity contribution in [1.82, 2.24) is 19.7 Å². The third kappa shape index (κ3) is 4.19. The van der Waals surface area contributed by atoms with Crippen molar-refractivity contribution in [3.8, 4) is 5.69 Å². The number of rotatable bonds is 6. The lowest BCUT2D eigenvalue weighted by atomic mass is 10.2. The lowest BCUT2D eigenvalue weighted by Gasteiger charge is -2.07. The van der Waals surface area contributed by atoms with Gasteiger partial charge in [-0.1, -0.05) is 36.0 Å². The molecule has 4 aromatic rings. The zero-order valence-electron chi connectivity index (χ0n) is 16.7. The number of amides is 1. The fraction of sp³-hybridized carbons (Fsp3) is 0.227. The van der Waals surface area contributed by atoms with Crippen molar-refractivity contribution < 1.29 is 4.79 Å². The number of hydrogen-bond donors (Lipinski definition) is 2. The number of imidazole rings is 1. The van der Waals surface area contributed by atoms with Gasteiger partial charge in [-0.05, 0) is 50.6 Å². The second kappa shape index (κ2) is 8.13. The van der Waals surface area contributed by atoms with E-state index in [1.54, 1.807) is 11.8 Å². The maximum Gasteiger partial charge on any atom is 0.225 e. The monoisotopic (exact) mass is 405 g/mol. The minimum atomic E-state index is -0.0248. The molecule has 2 aromatic carbocycles. The lowest BCUT2D eigenvalue weighted by molar-refractivity contribution is -0.115. The van der Waals surface area contributed by atoms with Gasteiger partial charge in [0.05, 0.1) is 33.8 Å². The molecule has 0 saturated heterocycles. The molecule has 6 nitrogen and oxygen atoms in total. The number of para-hydroxylation sites is 1. The summed E-state index contributed by atoms with van der Waals surface area (Å²) in [6.07, 6.45) is 0.399. The minimum absolute atomic E-state index is 0.0248. The highest BCUT2D eigenvalue weighted by Gasteiger charge is 2.15. The number of fused-ring (bicyclic) bond motifs is 1. The summed E-state index contributed by atoms with van der Waals surface area (Å²) in [4.78, 5) is 20.3. The van der Waals surface area contributed by atoms with Crippen molar-refractivity contribution in [2.24, 2.45) is 0 Å². The van der Waals surface area contributed by atoms with Gasteiger partial charge in [-0.15, -0.1) is 0 Å². The Kier molecular flexibility index (Phi) is 5.40. The van der Waals surface area contributed by atoms with Crippen LogP contribution in [-0.4, -0.2) is 31.4 Å². The molecule has 2 aromatic heterocycles. The number of aromatic amines is 1. The molecule has 7 heteroatoms. The van der Waals surface area contributed by atoms with Crippen LogP contribution in [0, 0.1) is 20.8 Å². The molecule has 0 saturated carbocycles. The third-order valence-electron chi connectivity index (χ3n) is 4.74. The molecule has 148 valence electrons. The van der Waals surface area contributed by atoms with Gasteiger partial charge in [0.2, 0.25) is 5.91 Å². The number of thioether (sulfide) groups is 1. The van der Waals surface area contributed by atoms with Gasteiger partial charge in [-0.2, -0.15) is 5.10 Å². The van der Waals surface area contributed by atoms with Crippen LogP contribution in [0.2, 0.25) is 0 Å². The van der Waals surface area contributed by atoms with Gasteiger partial charge >= 0.3 is 0 Å². The number of anilines is 1. The first-order valence-corrected chi connectivity index (χ1v) is 10.5. The average Bonchev–Trinajstić information content (AvgIpc) is 3.23. The zero-order valence-corrected chi connectivity index (χ0v) is 17.5. The molecule has 2 N–H and O–H groups in total. The van der Waals surface area contributed by atoms with Crippen LogP contribution in [0.1, 0.15) is 23.4 Å². The molecule has 0 unspecified atom stereocenters. The van der Waals surface area contributed by atoms with Crippen molar-refractivity contribution in [1.29, 1.82) is 0 Å². The summed E-state index contributed by atoms with van der Waals surface area (Å²) in [6.45, 7) is 5.93. The molecule has 0 atom stereocenters. The summed E-state index contributed by atoms with van der Waals surface area (Å²) < 4.78 is 1.86. The molecule has 0 spiro atoms. The zero-order chi connectivity index (χ0) is 20.4. The van der Waals surface area contributed by atoms with Gasteiger partial charge in [-0.25, -0.2) is 9.67 Å². The van der Waals surface area contributed by atoms with E-state index in [9.17, 15) is 4.79 Å². The van der Waals surface area contributed by atoms with Crippen LogP contribution in [0.4, 0.5) is 5.69 Å². The van der Waals surface area contributed by atoms with Crippen molar-refractivity contribution in [2.45, 2.75) is 32.3 Å². The van der Waals surface area contributed by atoms with E-state index in [1.165, 1.54) is 5.56 Å². The number of H-pyrrole nitrogens is 1. The molecule has 0 aliphatic carbocycles. The van der Waals surface area contributed by atoms with Crippen LogP contribution in [0.25, 0.3) is 16.7 Å². The Hall–Kier alpha value is -3.06. The smallest absolute Gasteiger partial charge is 0.225 e. The first-order valence-electron chi connectivity index (χ1n) is 9.52. The molecule has 4 rings (SSSR count). The molecule has 0 aliphatic heterocycles. The van der Waals surface area contributed by atoms with Crippen molar-refractivity contribution in [3.63, 3.8) is 0 Å². The number of carbonyl (C=O) groups is 1. The van der Waals surface area contributed by atoms with Crippen molar-refractivity contribution >= 4 is 34.4 Å². The van der Waals surface area contributed by atoms with Gasteiger partial charge in [0.15, 0.2) is 5.16 Å². The van der Waals surface area contributed by atoms with Gasteiger partial charge in [0.25, 0.3) is 0 Å². The molecule has 29 heavy (non-hydrogen) atoms. The van der Waals surface area contributed by atoms with Crippen LogP contribution in [0.15, 0.2) is 53.7 Å². The Morgan fingerprint density at radius 1 is 1.14 bits per heavy atom. The van der Waals surface area contributed by atoms with Crippen molar-refractivity contribution in [3.05, 3.63) is 65.5 Å². The molecular formula is C22H23N5OS. The van der Waals surface area contributed by atoms with E-state index < -0.39 is 0 Å². The predicted octanol–water partition coefficient (Wildman–Crippen LogP) is 4.79. The normalized spacial score (nSPS) is 11.1. The number of nitrogens with one attached hydrogen (secondary N) is 2. The van der Waals surface area contributed by atoms with Gasteiger partial charge < -0.3 is 10.3 Å². The van der Waals surface area contributed by atoms with Crippen LogP contribution >= 0.6 is 11.8 Å². The van der Waals surface area contributed by atoms with E-state index in [4.69, 9.17) is 0 Å². The molecular weight excluding hydrogens is 382 g/mol. The summed E-state index contributed by atoms with van der Waals surface area (Å²) in [5.74, 6) is 0.624. The Morgan fingerprint density at radius 3 is 2.72 bits per heavy atom. The predicted molar refractivity (Wildman–Crippen MR) is 118 cm³/mol. The maximum atomic E-state index is 12.5. The van der Waals surface area contributed by atoms with Crippen LogP contribution < -0.4 is 5.32 Å². The van der Waals surface area contributed by atoms with E-state index in [-0.39, 0.29) is 5.91 Å². The highest BCUT2D eigenvalue weighted by Crippen LogP contribution is 2.24. The van der Waals surface area contributed by atoms with E-state index in [2.05, 4.69) is 33.4 Å². The van der Waals surface area contributed by atoms with Gasteiger partial charge in [0, 0.05) is 12.2 Å². The van der Waals surface area contributed by atoms with Gasteiger partial charge in [-0.3, -0.25) is 4.79 Å². The van der Waals surface area contributed by atoms with Crippen LogP contribution in [0.5, 0.6) is 0 Å². The molecule has 0 radical (unpaired) electrons. The Bertz CT molecular complexity index is 1160. The number of carbonyl (C=O) groups excluding carboxylic acids is 1. The summed E-state index contributed by atoms with van der Waals surface area (Å²) in [5, 5.41) is 8.43. The minimum Gasteiger partial charge on any atom is -0.333 e. The maximum absolute atomic E-state index is 12.5. The number of aryl methyl sites for hydroxylation is 2. The number of aromatic nitrogens is 4. The fourth-order valence-corrected chi connectivity index (χ4v) is 4.08. The SMILES string of the molecule is Cc1ccc2nc(SCCC(=O)Nc3c(C)nn(-c4ccccc4)c3C)[nH]c2c1. The van der Waals surface area contributed by atoms with E-state index in [1.807, 2.05) is 61.0 Å². The Morgan fingerprint density at radius 2 is 1.93 bits per heavy atom. The molecule has 0 aliphatic rings. The largest absolute Gasteiger partial charge is 0.333 e. The van der Waals surface area contributed by atoms with Crippen LogP contribution in [-0.2, 0) is 4.79 Å². The fourth-order valence-electron chi connectivity index (χ4n) is 3.25. The summed E-state index contributed by atoms with van der Waals surface area (Å²) in [7, 11) is 0. The quantitative estimate of drug-likeness (QED) is 0.452. The average molecular weight is 406 g/mol. The number of nitrogens with zero attached hydrogens (tertiary/aromatic N) is 3. The second-order valence-corrected chi connectivity index (χ2v) is 8.09. The standard InChI is InChI=1S/C22H23N5OS/c1-14-9-10-18-19(13-14)24-22(23-18)29-12-11-20(28)25-21-15(2)26-27(16(21)3)17-7-5-4-6-8-17/h4-10,13H,11-12H2,1-3H3,(H,23,24)(H,25,28). The van der Waals surface area contributed by atoms with E-state index in [0.717, 1.165) is 39.0 Å². The second-order valence-electron chi connectivity index (χ2n) is 7.00. The first-order chi connectivity index (χ1) is 14.0. The molecule has 0 fully saturated rings. The number of hydrogen-bond acceptors (Lipinski definition) is 4. The third-order valence-corrected chi connectivity index (χ3v) is 5.62. The molecule has 2 heterocycles. The van der Waals surface area contributed by atoms with E-state index in [0.29, 0.717) is 12.2 Å². The Balaban J connectivity index is 1.38. The molecule has 0 bridgehead atoms. The summed E-state index contributed by atoms with van der Waals surface area (Å²) in [6, 6.07) is 16.0. The van der Waals surface area contributed by atoms with Crippen LogP contribution in [0.3, 0.4) is 0 Å². The lowest BCUT2D eigenvalue weighted by Crippen LogP contribution is -2.13.